The Morgan fingerprint density at radius 1 is 1.20 bits per heavy atom. The van der Waals surface area contributed by atoms with Crippen molar-refractivity contribution in [1.82, 2.24) is 9.80 Å². The van der Waals surface area contributed by atoms with Crippen molar-refractivity contribution in [2.24, 2.45) is 5.92 Å². The van der Waals surface area contributed by atoms with Gasteiger partial charge in [-0.2, -0.15) is 0 Å². The first-order chi connectivity index (χ1) is 9.49. The van der Waals surface area contributed by atoms with E-state index in [2.05, 4.69) is 28.3 Å². The zero-order valence-electron chi connectivity index (χ0n) is 11.4. The van der Waals surface area contributed by atoms with Crippen LogP contribution in [0.3, 0.4) is 0 Å². The Balaban J connectivity index is 0.000000212. The van der Waals surface area contributed by atoms with Gasteiger partial charge in [-0.05, 0) is 37.5 Å². The number of carbonyl (C=O) groups is 2. The van der Waals surface area contributed by atoms with Crippen molar-refractivity contribution in [3.8, 4) is 0 Å². The molecule has 4 aliphatic rings. The fourth-order valence-electron chi connectivity index (χ4n) is 3.00. The second-order valence-corrected chi connectivity index (χ2v) is 6.50. The number of carboxylic acid groups (broad SMARTS) is 2. The van der Waals surface area contributed by atoms with Crippen molar-refractivity contribution in [2.75, 3.05) is 13.1 Å². The fraction of sp³-hybridized carbons (Fsp3) is 0.692. The third-order valence-corrected chi connectivity index (χ3v) is 4.99. The van der Waals surface area contributed by atoms with Gasteiger partial charge in [0.1, 0.15) is 0 Å². The molecule has 2 N–H and O–H groups in total. The molecule has 0 aromatic rings. The summed E-state index contributed by atoms with van der Waals surface area (Å²) in [6.45, 7) is 4.97. The predicted molar refractivity (Wildman–Crippen MR) is 76.0 cm³/mol. The van der Waals surface area contributed by atoms with Crippen LogP contribution in [-0.2, 0) is 9.59 Å². The summed E-state index contributed by atoms with van der Waals surface area (Å²) >= 11 is 1.95. The van der Waals surface area contributed by atoms with E-state index in [-0.39, 0.29) is 0 Å². The van der Waals surface area contributed by atoms with Gasteiger partial charge in [0.2, 0.25) is 0 Å². The Bertz CT molecular complexity index is 395. The molecular weight excluding hydrogens is 280 g/mol. The van der Waals surface area contributed by atoms with E-state index in [1.165, 1.54) is 32.4 Å². The first-order valence-corrected chi connectivity index (χ1v) is 7.73. The van der Waals surface area contributed by atoms with E-state index in [0.29, 0.717) is 11.5 Å². The summed E-state index contributed by atoms with van der Waals surface area (Å²) in [5.41, 5.74) is 0. The van der Waals surface area contributed by atoms with Gasteiger partial charge in [-0.25, -0.2) is 9.59 Å². The average Bonchev–Trinajstić information content (AvgIpc) is 2.86. The minimum Gasteiger partial charge on any atom is -0.473 e. The Hall–Kier alpha value is -1.21. The fourth-order valence-corrected chi connectivity index (χ4v) is 3.79. The molecule has 0 aliphatic carbocycles. The van der Waals surface area contributed by atoms with Gasteiger partial charge in [-0.1, -0.05) is 0 Å². The summed E-state index contributed by atoms with van der Waals surface area (Å²) in [5, 5.41) is 17.7. The summed E-state index contributed by atoms with van der Waals surface area (Å²) in [5.74, 6) is -2.64. The molecule has 0 aromatic carbocycles. The zero-order valence-corrected chi connectivity index (χ0v) is 12.3. The number of piperidine rings is 3. The van der Waals surface area contributed by atoms with Crippen LogP contribution in [0.1, 0.15) is 26.2 Å². The van der Waals surface area contributed by atoms with Gasteiger partial charge >= 0.3 is 11.9 Å². The van der Waals surface area contributed by atoms with E-state index in [0.717, 1.165) is 5.92 Å². The number of aliphatic carboxylic acids is 2. The molecule has 2 bridgehead atoms. The van der Waals surface area contributed by atoms with Crippen LogP contribution in [0.2, 0.25) is 0 Å². The van der Waals surface area contributed by atoms with Crippen LogP contribution in [0, 0.1) is 5.92 Å². The highest BCUT2D eigenvalue weighted by atomic mass is 32.2. The Morgan fingerprint density at radius 3 is 2.15 bits per heavy atom. The average molecular weight is 300 g/mol. The summed E-state index contributed by atoms with van der Waals surface area (Å²) in [6.07, 6.45) is 7.28. The normalized spacial score (nSPS) is 34.5. The van der Waals surface area contributed by atoms with Crippen LogP contribution in [0.15, 0.2) is 11.6 Å². The largest absolute Gasteiger partial charge is 0.473 e. The van der Waals surface area contributed by atoms with Gasteiger partial charge in [0.15, 0.2) is 0 Å². The Labute approximate surface area is 122 Å². The van der Waals surface area contributed by atoms with Gasteiger partial charge in [0.05, 0.1) is 11.5 Å². The maximum absolute atomic E-state index is 9.10. The van der Waals surface area contributed by atoms with Crippen molar-refractivity contribution in [3.63, 3.8) is 0 Å². The molecule has 20 heavy (non-hydrogen) atoms. The molecule has 0 amide bonds. The molecule has 2 unspecified atom stereocenters. The lowest BCUT2D eigenvalue weighted by Crippen LogP contribution is -2.56. The molecule has 0 radical (unpaired) electrons. The van der Waals surface area contributed by atoms with Gasteiger partial charge in [-0.3, -0.25) is 4.90 Å². The molecule has 112 valence electrons. The molecule has 7 heteroatoms. The number of carboxylic acids is 2. The molecule has 0 saturated carbocycles. The second kappa shape index (κ2) is 6.49. The van der Waals surface area contributed by atoms with Crippen LogP contribution in [0.4, 0.5) is 0 Å². The van der Waals surface area contributed by atoms with Crippen molar-refractivity contribution in [3.05, 3.63) is 11.6 Å². The number of nitrogens with zero attached hydrogens (tertiary/aromatic N) is 2. The summed E-state index contributed by atoms with van der Waals surface area (Å²) in [7, 11) is 0. The molecule has 6 nitrogen and oxygen atoms in total. The molecule has 4 heterocycles. The Kier molecular flexibility index (Phi) is 4.93. The standard InChI is InChI=1S/C11H18N2S.C2H2O4/c1-9-13(6-7-14-9)11-8-10-2-4-12(11)5-3-10;3-1(4)2(5)6/h6-7,9-11H,2-5,8H2,1H3;(H,3,4)(H,5,6). The molecule has 4 rings (SSSR count). The van der Waals surface area contributed by atoms with Crippen molar-refractivity contribution in [2.45, 2.75) is 37.7 Å². The second-order valence-electron chi connectivity index (χ2n) is 5.27. The highest BCUT2D eigenvalue weighted by Crippen LogP contribution is 2.37. The number of rotatable bonds is 1. The van der Waals surface area contributed by atoms with Crippen LogP contribution >= 0.6 is 11.8 Å². The number of hydrogen-bond acceptors (Lipinski definition) is 5. The van der Waals surface area contributed by atoms with Gasteiger partial charge in [0, 0.05) is 19.3 Å². The van der Waals surface area contributed by atoms with E-state index in [1.54, 1.807) is 0 Å². The first-order valence-electron chi connectivity index (χ1n) is 6.79. The lowest BCUT2D eigenvalue weighted by molar-refractivity contribution is -0.159. The van der Waals surface area contributed by atoms with E-state index >= 15 is 0 Å². The SMILES string of the molecule is CC1SC=CN1C1CC2CCN1CC2.O=C(O)C(=O)O. The maximum Gasteiger partial charge on any atom is 0.414 e. The molecular formula is C13H20N2O4S. The van der Waals surface area contributed by atoms with Gasteiger partial charge < -0.3 is 15.1 Å². The number of fused-ring (bicyclic) bond motifs is 3. The van der Waals surface area contributed by atoms with Crippen LogP contribution in [0.5, 0.6) is 0 Å². The first kappa shape index (κ1) is 15.2. The minimum atomic E-state index is -1.82. The third-order valence-electron chi connectivity index (χ3n) is 4.07. The molecule has 4 aliphatic heterocycles. The summed E-state index contributed by atoms with van der Waals surface area (Å²) < 4.78 is 0. The van der Waals surface area contributed by atoms with Gasteiger partial charge in [0.25, 0.3) is 0 Å². The zero-order chi connectivity index (χ0) is 14.7. The smallest absolute Gasteiger partial charge is 0.414 e. The van der Waals surface area contributed by atoms with E-state index in [4.69, 9.17) is 19.8 Å². The topological polar surface area (TPSA) is 81.1 Å². The highest BCUT2D eigenvalue weighted by Gasteiger charge is 2.38. The summed E-state index contributed by atoms with van der Waals surface area (Å²) in [6, 6.07) is 0. The van der Waals surface area contributed by atoms with E-state index < -0.39 is 11.9 Å². The number of hydrogen-bond donors (Lipinski definition) is 2. The van der Waals surface area contributed by atoms with Gasteiger partial charge in [-0.15, -0.1) is 11.8 Å². The highest BCUT2D eigenvalue weighted by molar-refractivity contribution is 8.02. The number of thioether (sulfide) groups is 1. The molecule has 0 spiro atoms. The predicted octanol–water partition coefficient (Wildman–Crippen LogP) is 1.45. The van der Waals surface area contributed by atoms with Crippen molar-refractivity contribution in [1.29, 1.82) is 0 Å². The van der Waals surface area contributed by atoms with Crippen molar-refractivity contribution >= 4 is 23.7 Å². The summed E-state index contributed by atoms with van der Waals surface area (Å²) in [4.78, 5) is 23.4. The molecule has 3 fully saturated rings. The molecule has 0 aromatic heterocycles. The van der Waals surface area contributed by atoms with E-state index in [9.17, 15) is 0 Å². The Morgan fingerprint density at radius 2 is 1.80 bits per heavy atom. The van der Waals surface area contributed by atoms with Crippen molar-refractivity contribution < 1.29 is 19.8 Å². The quantitative estimate of drug-likeness (QED) is 0.709. The molecule has 3 saturated heterocycles. The van der Waals surface area contributed by atoms with Crippen LogP contribution < -0.4 is 0 Å². The molecule has 2 atom stereocenters. The van der Waals surface area contributed by atoms with Crippen LogP contribution in [0.25, 0.3) is 0 Å². The lowest BCUT2D eigenvalue weighted by Gasteiger charge is -2.49. The maximum atomic E-state index is 9.10. The minimum absolute atomic E-state index is 0.652. The third kappa shape index (κ3) is 3.46. The van der Waals surface area contributed by atoms with Crippen LogP contribution in [-0.4, -0.2) is 56.6 Å². The van der Waals surface area contributed by atoms with E-state index in [1.807, 2.05) is 11.8 Å². The lowest BCUT2D eigenvalue weighted by atomic mass is 9.86. The monoisotopic (exact) mass is 300 g/mol.